The standard InChI is InChI=1S/C18H16Cl2N4O2/c1-13-4-2-3-5-17(13)25-6-7-26-18-14(8-15(19)9-16(18)20)10-23-24-11-21-22-12-24/h2-5,8-12H,6-7H2,1H3/b23-10+. The van der Waals surface area contributed by atoms with E-state index >= 15 is 0 Å². The van der Waals surface area contributed by atoms with Crippen molar-refractivity contribution in [2.45, 2.75) is 6.92 Å². The van der Waals surface area contributed by atoms with Crippen LogP contribution in [0.25, 0.3) is 0 Å². The van der Waals surface area contributed by atoms with E-state index in [1.165, 1.54) is 17.3 Å². The summed E-state index contributed by atoms with van der Waals surface area (Å²) < 4.78 is 13.0. The summed E-state index contributed by atoms with van der Waals surface area (Å²) in [5.41, 5.74) is 1.71. The van der Waals surface area contributed by atoms with Gasteiger partial charge < -0.3 is 9.47 Å². The van der Waals surface area contributed by atoms with E-state index in [1.54, 1.807) is 18.3 Å². The Balaban J connectivity index is 1.67. The third-order valence-corrected chi connectivity index (χ3v) is 3.95. The molecule has 134 valence electrons. The molecular formula is C18H16Cl2N4O2. The molecule has 0 N–H and O–H groups in total. The van der Waals surface area contributed by atoms with Crippen LogP contribution in [-0.2, 0) is 0 Å². The highest BCUT2D eigenvalue weighted by molar-refractivity contribution is 6.36. The number of benzene rings is 2. The van der Waals surface area contributed by atoms with Crippen LogP contribution in [0.5, 0.6) is 11.5 Å². The summed E-state index contributed by atoms with van der Waals surface area (Å²) in [7, 11) is 0. The van der Waals surface area contributed by atoms with Crippen molar-refractivity contribution in [2.24, 2.45) is 5.10 Å². The maximum atomic E-state index is 6.27. The molecule has 0 aliphatic heterocycles. The van der Waals surface area contributed by atoms with Gasteiger partial charge in [-0.2, -0.15) is 5.10 Å². The summed E-state index contributed by atoms with van der Waals surface area (Å²) >= 11 is 12.4. The van der Waals surface area contributed by atoms with Crippen LogP contribution in [0.15, 0.2) is 54.2 Å². The lowest BCUT2D eigenvalue weighted by atomic mass is 10.2. The lowest BCUT2D eigenvalue weighted by Crippen LogP contribution is -2.11. The molecule has 0 atom stereocenters. The van der Waals surface area contributed by atoms with Crippen molar-refractivity contribution in [3.05, 3.63) is 70.2 Å². The van der Waals surface area contributed by atoms with Gasteiger partial charge in [0.15, 0.2) is 0 Å². The van der Waals surface area contributed by atoms with Crippen LogP contribution < -0.4 is 9.47 Å². The van der Waals surface area contributed by atoms with Gasteiger partial charge in [-0.05, 0) is 30.7 Å². The summed E-state index contributed by atoms with van der Waals surface area (Å²) in [6.45, 7) is 2.70. The smallest absolute Gasteiger partial charge is 0.147 e. The molecule has 0 aliphatic rings. The fourth-order valence-corrected chi connectivity index (χ4v) is 2.79. The van der Waals surface area contributed by atoms with Crippen LogP contribution in [0.3, 0.4) is 0 Å². The lowest BCUT2D eigenvalue weighted by Gasteiger charge is -2.13. The number of para-hydroxylation sites is 1. The third kappa shape index (κ3) is 4.74. The van der Waals surface area contributed by atoms with Gasteiger partial charge in [0, 0.05) is 10.6 Å². The van der Waals surface area contributed by atoms with Crippen molar-refractivity contribution in [3.8, 4) is 11.5 Å². The Hall–Kier alpha value is -2.57. The number of hydrogen-bond acceptors (Lipinski definition) is 5. The first-order valence-electron chi connectivity index (χ1n) is 7.83. The summed E-state index contributed by atoms with van der Waals surface area (Å²) in [5.74, 6) is 1.31. The Morgan fingerprint density at radius 3 is 2.58 bits per heavy atom. The molecule has 0 fully saturated rings. The number of halogens is 2. The maximum Gasteiger partial charge on any atom is 0.147 e. The summed E-state index contributed by atoms with van der Waals surface area (Å²) in [6.07, 6.45) is 4.52. The first-order valence-corrected chi connectivity index (χ1v) is 8.58. The normalized spacial score (nSPS) is 11.0. The molecule has 26 heavy (non-hydrogen) atoms. The van der Waals surface area contributed by atoms with Gasteiger partial charge in [-0.25, -0.2) is 4.68 Å². The van der Waals surface area contributed by atoms with Gasteiger partial charge in [-0.3, -0.25) is 0 Å². The molecule has 0 aliphatic carbocycles. The maximum absolute atomic E-state index is 6.27. The highest BCUT2D eigenvalue weighted by Gasteiger charge is 2.10. The zero-order chi connectivity index (χ0) is 18.4. The van der Waals surface area contributed by atoms with E-state index in [0.717, 1.165) is 11.3 Å². The van der Waals surface area contributed by atoms with Crippen molar-refractivity contribution >= 4 is 29.4 Å². The Morgan fingerprint density at radius 1 is 1.08 bits per heavy atom. The predicted octanol–water partition coefficient (Wildman–Crippen LogP) is 4.23. The van der Waals surface area contributed by atoms with Gasteiger partial charge in [-0.15, -0.1) is 10.2 Å². The van der Waals surface area contributed by atoms with Gasteiger partial charge in [0.25, 0.3) is 0 Å². The molecule has 1 heterocycles. The fraction of sp³-hybridized carbons (Fsp3) is 0.167. The Morgan fingerprint density at radius 2 is 1.81 bits per heavy atom. The lowest BCUT2D eigenvalue weighted by molar-refractivity contribution is 0.216. The molecule has 0 amide bonds. The zero-order valence-electron chi connectivity index (χ0n) is 14.0. The quantitative estimate of drug-likeness (QED) is 0.447. The van der Waals surface area contributed by atoms with E-state index in [4.69, 9.17) is 32.7 Å². The molecule has 1 aromatic heterocycles. The van der Waals surface area contributed by atoms with Gasteiger partial charge in [0.05, 0.1) is 11.2 Å². The molecule has 0 saturated carbocycles. The van der Waals surface area contributed by atoms with Gasteiger partial charge in [0.2, 0.25) is 0 Å². The summed E-state index contributed by atoms with van der Waals surface area (Å²) in [5, 5.41) is 12.5. The van der Waals surface area contributed by atoms with Crippen molar-refractivity contribution in [3.63, 3.8) is 0 Å². The highest BCUT2D eigenvalue weighted by Crippen LogP contribution is 2.31. The van der Waals surface area contributed by atoms with E-state index in [9.17, 15) is 0 Å². The third-order valence-electron chi connectivity index (χ3n) is 3.45. The molecule has 3 aromatic rings. The fourth-order valence-electron chi connectivity index (χ4n) is 2.23. The van der Waals surface area contributed by atoms with Crippen LogP contribution in [0.2, 0.25) is 10.0 Å². The van der Waals surface area contributed by atoms with Crippen LogP contribution in [0, 0.1) is 6.92 Å². The Bertz CT molecular complexity index is 898. The van der Waals surface area contributed by atoms with Gasteiger partial charge in [-0.1, -0.05) is 41.4 Å². The number of ether oxygens (including phenoxy) is 2. The van der Waals surface area contributed by atoms with Gasteiger partial charge >= 0.3 is 0 Å². The molecule has 3 rings (SSSR count). The van der Waals surface area contributed by atoms with Crippen molar-refractivity contribution < 1.29 is 9.47 Å². The monoisotopic (exact) mass is 390 g/mol. The number of aryl methyl sites for hydroxylation is 1. The molecule has 0 bridgehead atoms. The minimum absolute atomic E-state index is 0.323. The second-order valence-electron chi connectivity index (χ2n) is 5.35. The predicted molar refractivity (Wildman–Crippen MR) is 102 cm³/mol. The number of nitrogens with zero attached hydrogens (tertiary/aromatic N) is 4. The molecule has 6 nitrogen and oxygen atoms in total. The average molecular weight is 391 g/mol. The van der Waals surface area contributed by atoms with E-state index in [2.05, 4.69) is 15.3 Å². The number of hydrogen-bond donors (Lipinski definition) is 0. The molecule has 0 radical (unpaired) electrons. The largest absolute Gasteiger partial charge is 0.490 e. The van der Waals surface area contributed by atoms with Gasteiger partial charge in [0.1, 0.15) is 37.4 Å². The highest BCUT2D eigenvalue weighted by atomic mass is 35.5. The van der Waals surface area contributed by atoms with Crippen LogP contribution >= 0.6 is 23.2 Å². The second kappa shape index (κ2) is 8.69. The molecule has 8 heteroatoms. The number of rotatable bonds is 7. The first-order chi connectivity index (χ1) is 12.6. The van der Waals surface area contributed by atoms with E-state index < -0.39 is 0 Å². The van der Waals surface area contributed by atoms with E-state index in [1.807, 2.05) is 31.2 Å². The molecule has 0 unspecified atom stereocenters. The SMILES string of the molecule is Cc1ccccc1OCCOc1c(Cl)cc(Cl)cc1/C=N/n1cnnc1. The van der Waals surface area contributed by atoms with Crippen LogP contribution in [0.1, 0.15) is 11.1 Å². The second-order valence-corrected chi connectivity index (χ2v) is 6.20. The Labute approximate surface area is 161 Å². The zero-order valence-corrected chi connectivity index (χ0v) is 15.5. The van der Waals surface area contributed by atoms with Crippen molar-refractivity contribution in [1.82, 2.24) is 14.9 Å². The molecule has 0 saturated heterocycles. The topological polar surface area (TPSA) is 61.5 Å². The summed E-state index contributed by atoms with van der Waals surface area (Å²) in [6, 6.07) is 11.1. The van der Waals surface area contributed by atoms with E-state index in [0.29, 0.717) is 34.6 Å². The summed E-state index contributed by atoms with van der Waals surface area (Å²) in [4.78, 5) is 0. The minimum Gasteiger partial charge on any atom is -0.490 e. The van der Waals surface area contributed by atoms with Crippen LogP contribution in [-0.4, -0.2) is 34.3 Å². The first kappa shape index (κ1) is 18.2. The molecular weight excluding hydrogens is 375 g/mol. The minimum atomic E-state index is 0.323. The van der Waals surface area contributed by atoms with E-state index in [-0.39, 0.29) is 0 Å². The van der Waals surface area contributed by atoms with Crippen LogP contribution in [0.4, 0.5) is 0 Å². The Kier molecular flexibility index (Phi) is 6.09. The van der Waals surface area contributed by atoms with Crippen molar-refractivity contribution in [2.75, 3.05) is 13.2 Å². The van der Waals surface area contributed by atoms with Crippen molar-refractivity contribution in [1.29, 1.82) is 0 Å². The number of aromatic nitrogens is 3. The molecule has 0 spiro atoms. The molecule has 2 aromatic carbocycles. The average Bonchev–Trinajstić information content (AvgIpc) is 3.13.